The van der Waals surface area contributed by atoms with Crippen molar-refractivity contribution in [1.29, 1.82) is 0 Å². The van der Waals surface area contributed by atoms with E-state index in [1.807, 2.05) is 19.9 Å². The van der Waals surface area contributed by atoms with Gasteiger partial charge in [-0.1, -0.05) is 6.07 Å². The summed E-state index contributed by atoms with van der Waals surface area (Å²) in [5.41, 5.74) is 3.36. The number of nitrogens with zero attached hydrogens (tertiary/aromatic N) is 1. The van der Waals surface area contributed by atoms with Crippen molar-refractivity contribution in [2.75, 3.05) is 32.9 Å². The van der Waals surface area contributed by atoms with Gasteiger partial charge in [0.05, 0.1) is 13.2 Å². The fraction of sp³-hybridized carbons (Fsp3) is 0.533. The zero-order valence-electron chi connectivity index (χ0n) is 12.0. The monoisotopic (exact) mass is 279 g/mol. The van der Waals surface area contributed by atoms with Crippen LogP contribution in [0.1, 0.15) is 16.7 Å². The summed E-state index contributed by atoms with van der Waals surface area (Å²) in [6, 6.07) is 4.01. The first-order valence-electron chi connectivity index (χ1n) is 6.81. The number of hydrogen-bond acceptors (Lipinski definition) is 4. The van der Waals surface area contributed by atoms with Gasteiger partial charge in [0.2, 0.25) is 0 Å². The maximum atomic E-state index is 10.6. The summed E-state index contributed by atoms with van der Waals surface area (Å²) >= 11 is 0. The SMILES string of the molecule is Cc1cc(OCC(=O)O)c(C)cc1CN1CCOCC1. The molecule has 0 radical (unpaired) electrons. The smallest absolute Gasteiger partial charge is 0.341 e. The predicted molar refractivity (Wildman–Crippen MR) is 75.1 cm³/mol. The van der Waals surface area contributed by atoms with E-state index in [0.29, 0.717) is 5.75 Å². The minimum absolute atomic E-state index is 0.302. The van der Waals surface area contributed by atoms with E-state index in [-0.39, 0.29) is 6.61 Å². The highest BCUT2D eigenvalue weighted by Gasteiger charge is 2.13. The van der Waals surface area contributed by atoms with Crippen molar-refractivity contribution in [2.45, 2.75) is 20.4 Å². The Balaban J connectivity index is 2.06. The first kappa shape index (κ1) is 14.8. The van der Waals surface area contributed by atoms with Crippen LogP contribution < -0.4 is 4.74 Å². The number of morpholine rings is 1. The van der Waals surface area contributed by atoms with E-state index < -0.39 is 5.97 Å². The first-order valence-corrected chi connectivity index (χ1v) is 6.81. The molecular formula is C15H21NO4. The van der Waals surface area contributed by atoms with E-state index in [4.69, 9.17) is 14.6 Å². The number of aryl methyl sites for hydroxylation is 2. The lowest BCUT2D eigenvalue weighted by Gasteiger charge is -2.27. The van der Waals surface area contributed by atoms with Crippen molar-refractivity contribution in [3.8, 4) is 5.75 Å². The van der Waals surface area contributed by atoms with E-state index in [1.165, 1.54) is 5.56 Å². The highest BCUT2D eigenvalue weighted by molar-refractivity contribution is 5.68. The Morgan fingerprint density at radius 2 is 2.00 bits per heavy atom. The third kappa shape index (κ3) is 3.95. The van der Waals surface area contributed by atoms with Crippen LogP contribution in [0, 0.1) is 13.8 Å². The van der Waals surface area contributed by atoms with Crippen molar-refractivity contribution in [2.24, 2.45) is 0 Å². The molecule has 0 aromatic heterocycles. The molecule has 0 aliphatic carbocycles. The van der Waals surface area contributed by atoms with Gasteiger partial charge >= 0.3 is 5.97 Å². The molecule has 1 fully saturated rings. The number of carboxylic acids is 1. The van der Waals surface area contributed by atoms with E-state index in [9.17, 15) is 4.79 Å². The second-order valence-corrected chi connectivity index (χ2v) is 5.12. The molecule has 1 aromatic rings. The average molecular weight is 279 g/mol. The summed E-state index contributed by atoms with van der Waals surface area (Å²) in [5, 5.41) is 8.66. The molecule has 5 nitrogen and oxygen atoms in total. The summed E-state index contributed by atoms with van der Waals surface area (Å²) in [4.78, 5) is 12.9. The van der Waals surface area contributed by atoms with Crippen LogP contribution in [0.25, 0.3) is 0 Å². The highest BCUT2D eigenvalue weighted by atomic mass is 16.5. The van der Waals surface area contributed by atoms with Crippen LogP contribution in [0.5, 0.6) is 5.75 Å². The first-order chi connectivity index (χ1) is 9.56. The number of carbonyl (C=O) groups is 1. The second kappa shape index (κ2) is 6.72. The van der Waals surface area contributed by atoms with Gasteiger partial charge in [0.1, 0.15) is 5.75 Å². The van der Waals surface area contributed by atoms with Crippen molar-refractivity contribution in [3.05, 3.63) is 28.8 Å². The van der Waals surface area contributed by atoms with Crippen molar-refractivity contribution >= 4 is 5.97 Å². The topological polar surface area (TPSA) is 59.0 Å². The van der Waals surface area contributed by atoms with E-state index >= 15 is 0 Å². The van der Waals surface area contributed by atoms with Gasteiger partial charge in [-0.25, -0.2) is 4.79 Å². The predicted octanol–water partition coefficient (Wildman–Crippen LogP) is 1.60. The van der Waals surface area contributed by atoms with Crippen LogP contribution in [0.15, 0.2) is 12.1 Å². The lowest BCUT2D eigenvalue weighted by Crippen LogP contribution is -2.35. The molecule has 110 valence electrons. The molecule has 0 saturated carbocycles. The second-order valence-electron chi connectivity index (χ2n) is 5.12. The number of ether oxygens (including phenoxy) is 2. The molecule has 5 heteroatoms. The summed E-state index contributed by atoms with van der Waals surface area (Å²) in [6.07, 6.45) is 0. The third-order valence-corrected chi connectivity index (χ3v) is 3.48. The average Bonchev–Trinajstić information content (AvgIpc) is 2.42. The van der Waals surface area contributed by atoms with Crippen LogP contribution in [0.4, 0.5) is 0 Å². The van der Waals surface area contributed by atoms with Crippen molar-refractivity contribution in [3.63, 3.8) is 0 Å². The Hall–Kier alpha value is -1.59. The van der Waals surface area contributed by atoms with Crippen LogP contribution >= 0.6 is 0 Å². The molecule has 1 aliphatic rings. The Morgan fingerprint density at radius 3 is 2.65 bits per heavy atom. The lowest BCUT2D eigenvalue weighted by molar-refractivity contribution is -0.139. The largest absolute Gasteiger partial charge is 0.482 e. The van der Waals surface area contributed by atoms with Crippen LogP contribution in [0.2, 0.25) is 0 Å². The van der Waals surface area contributed by atoms with Gasteiger partial charge in [0.15, 0.2) is 6.61 Å². The maximum Gasteiger partial charge on any atom is 0.341 e. The molecular weight excluding hydrogens is 258 g/mol. The molecule has 1 heterocycles. The van der Waals surface area contributed by atoms with Gasteiger partial charge in [-0.2, -0.15) is 0 Å². The molecule has 0 bridgehead atoms. The van der Waals surface area contributed by atoms with Gasteiger partial charge in [0, 0.05) is 19.6 Å². The number of rotatable bonds is 5. The number of carboxylic acid groups (broad SMARTS) is 1. The van der Waals surface area contributed by atoms with Gasteiger partial charge < -0.3 is 14.6 Å². The lowest BCUT2D eigenvalue weighted by atomic mass is 10.0. The molecule has 1 saturated heterocycles. The zero-order valence-corrected chi connectivity index (χ0v) is 12.0. The van der Waals surface area contributed by atoms with Gasteiger partial charge in [-0.3, -0.25) is 4.90 Å². The minimum Gasteiger partial charge on any atom is -0.482 e. The van der Waals surface area contributed by atoms with E-state index in [1.54, 1.807) is 0 Å². The van der Waals surface area contributed by atoms with Crippen LogP contribution in [0.3, 0.4) is 0 Å². The standard InChI is InChI=1S/C15H21NO4/c1-11-8-14(20-10-15(17)18)12(2)7-13(11)9-16-3-5-19-6-4-16/h7-8H,3-6,9-10H2,1-2H3,(H,17,18). The fourth-order valence-corrected chi connectivity index (χ4v) is 2.32. The van der Waals surface area contributed by atoms with Gasteiger partial charge in [-0.15, -0.1) is 0 Å². The van der Waals surface area contributed by atoms with Crippen molar-refractivity contribution in [1.82, 2.24) is 4.90 Å². The number of hydrogen-bond donors (Lipinski definition) is 1. The number of benzene rings is 1. The highest BCUT2D eigenvalue weighted by Crippen LogP contribution is 2.24. The molecule has 0 atom stereocenters. The Bertz CT molecular complexity index is 481. The maximum absolute atomic E-state index is 10.6. The van der Waals surface area contributed by atoms with E-state index in [0.717, 1.165) is 44.0 Å². The molecule has 2 rings (SSSR count). The molecule has 20 heavy (non-hydrogen) atoms. The van der Waals surface area contributed by atoms with E-state index in [2.05, 4.69) is 11.0 Å². The minimum atomic E-state index is -0.959. The molecule has 0 unspecified atom stereocenters. The third-order valence-electron chi connectivity index (χ3n) is 3.48. The van der Waals surface area contributed by atoms with Gasteiger partial charge in [0.25, 0.3) is 0 Å². The number of aliphatic carboxylic acids is 1. The van der Waals surface area contributed by atoms with Crippen LogP contribution in [-0.4, -0.2) is 48.9 Å². The quantitative estimate of drug-likeness (QED) is 0.887. The summed E-state index contributed by atoms with van der Waals surface area (Å²) in [7, 11) is 0. The molecule has 1 N–H and O–H groups in total. The summed E-state index contributed by atoms with van der Waals surface area (Å²) in [5.74, 6) is -0.310. The Morgan fingerprint density at radius 1 is 1.30 bits per heavy atom. The molecule has 0 spiro atoms. The molecule has 1 aromatic carbocycles. The fourth-order valence-electron chi connectivity index (χ4n) is 2.32. The normalized spacial score (nSPS) is 16.1. The zero-order chi connectivity index (χ0) is 14.5. The Kier molecular flexibility index (Phi) is 4.98. The van der Waals surface area contributed by atoms with Crippen LogP contribution in [-0.2, 0) is 16.1 Å². The van der Waals surface area contributed by atoms with Crippen molar-refractivity contribution < 1.29 is 19.4 Å². The molecule has 0 amide bonds. The summed E-state index contributed by atoms with van der Waals surface area (Å²) < 4.78 is 10.6. The van der Waals surface area contributed by atoms with Gasteiger partial charge in [-0.05, 0) is 36.6 Å². The summed E-state index contributed by atoms with van der Waals surface area (Å²) in [6.45, 7) is 8.06. The Labute approximate surface area is 119 Å². The molecule has 1 aliphatic heterocycles.